The van der Waals surface area contributed by atoms with Gasteiger partial charge < -0.3 is 4.74 Å². The Morgan fingerprint density at radius 3 is 2.24 bits per heavy atom. The number of Topliss-reactive ketones (excluding diaryl/α,β-unsaturated/α-hetero) is 1. The number of amides is 2. The summed E-state index contributed by atoms with van der Waals surface area (Å²) in [6, 6.07) is 5.25. The number of sulfonamides is 1. The molecule has 0 atom stereocenters. The molecule has 3 rings (SSSR count). The van der Waals surface area contributed by atoms with Gasteiger partial charge in [0, 0.05) is 31.4 Å². The molecule has 0 saturated carbocycles. The summed E-state index contributed by atoms with van der Waals surface area (Å²) in [5, 5.41) is 0. The fourth-order valence-electron chi connectivity index (χ4n) is 3.36. The maximum Gasteiger partial charge on any atom is 0.331 e. The van der Waals surface area contributed by atoms with Crippen LogP contribution in [0.3, 0.4) is 0 Å². The summed E-state index contributed by atoms with van der Waals surface area (Å²) < 4.78 is 32.4. The van der Waals surface area contributed by atoms with E-state index in [1.807, 2.05) is 0 Å². The second-order valence-electron chi connectivity index (χ2n) is 6.97. The monoisotopic (exact) mass is 420 g/mol. The molecule has 29 heavy (non-hydrogen) atoms. The lowest BCUT2D eigenvalue weighted by Gasteiger charge is -2.35. The Kier molecular flexibility index (Phi) is 5.31. The van der Waals surface area contributed by atoms with Gasteiger partial charge in [0.05, 0.1) is 4.90 Å². The van der Waals surface area contributed by atoms with Crippen molar-refractivity contribution in [2.45, 2.75) is 44.6 Å². The third-order valence-electron chi connectivity index (χ3n) is 4.56. The number of carbonyl (C=O) groups is 4. The molecular weight excluding hydrogens is 400 g/mol. The van der Waals surface area contributed by atoms with E-state index in [0.717, 1.165) is 9.21 Å². The van der Waals surface area contributed by atoms with Crippen molar-refractivity contribution in [3.63, 3.8) is 0 Å². The van der Waals surface area contributed by atoms with Crippen LogP contribution in [0.5, 0.6) is 0 Å². The van der Waals surface area contributed by atoms with E-state index in [0.29, 0.717) is 0 Å². The number of fused-ring (bicyclic) bond motifs is 1. The fourth-order valence-corrected chi connectivity index (χ4v) is 5.27. The van der Waals surface area contributed by atoms with E-state index < -0.39 is 46.2 Å². The van der Waals surface area contributed by atoms with Crippen molar-refractivity contribution in [2.24, 2.45) is 0 Å². The normalized spacial score (nSPS) is 18.3. The first-order chi connectivity index (χ1) is 13.6. The lowest BCUT2D eigenvalue weighted by atomic mass is 10.1. The van der Waals surface area contributed by atoms with Gasteiger partial charge in [-0.3, -0.25) is 23.6 Å². The summed E-state index contributed by atoms with van der Waals surface area (Å²) in [5.74, 6) is -2.72. The molecule has 2 aliphatic heterocycles. The highest BCUT2D eigenvalue weighted by molar-refractivity contribution is 7.89. The van der Waals surface area contributed by atoms with Crippen molar-refractivity contribution in [3.05, 3.63) is 35.5 Å². The average molecular weight is 420 g/mol. The number of hydrogen-bond donors (Lipinski definition) is 0. The Hall–Kier alpha value is -3.01. The molecule has 1 fully saturated rings. The summed E-state index contributed by atoms with van der Waals surface area (Å²) in [6.45, 7) is 3.75. The lowest BCUT2D eigenvalue weighted by Crippen LogP contribution is -2.42. The molecule has 0 unspecified atom stereocenters. The van der Waals surface area contributed by atoms with E-state index in [-0.39, 0.29) is 34.8 Å². The second kappa shape index (κ2) is 7.43. The number of nitrogens with zero attached hydrogens (tertiary/aromatic N) is 2. The predicted molar refractivity (Wildman–Crippen MR) is 100 cm³/mol. The van der Waals surface area contributed by atoms with Gasteiger partial charge in [-0.1, -0.05) is 12.1 Å². The number of ether oxygens (including phenoxy) is 1. The van der Waals surface area contributed by atoms with Gasteiger partial charge in [-0.2, -0.15) is 0 Å². The summed E-state index contributed by atoms with van der Waals surface area (Å²) in [4.78, 5) is 49.1. The fraction of sp³-hybridized carbons (Fsp3) is 0.368. The van der Waals surface area contributed by atoms with Gasteiger partial charge in [0.2, 0.25) is 11.8 Å². The van der Waals surface area contributed by atoms with Gasteiger partial charge in [0.25, 0.3) is 10.0 Å². The maximum absolute atomic E-state index is 13.1. The van der Waals surface area contributed by atoms with Gasteiger partial charge in [-0.05, 0) is 26.0 Å². The summed E-state index contributed by atoms with van der Waals surface area (Å²) in [5.41, 5.74) is -0.201. The Labute approximate surface area is 168 Å². The average Bonchev–Trinajstić information content (AvgIpc) is 2.95. The van der Waals surface area contributed by atoms with E-state index in [2.05, 4.69) is 0 Å². The Morgan fingerprint density at radius 2 is 1.69 bits per heavy atom. The maximum atomic E-state index is 13.1. The van der Waals surface area contributed by atoms with E-state index in [1.165, 1.54) is 25.1 Å². The minimum Gasteiger partial charge on any atom is -0.422 e. The quantitative estimate of drug-likeness (QED) is 0.516. The van der Waals surface area contributed by atoms with Crippen LogP contribution < -0.4 is 0 Å². The van der Waals surface area contributed by atoms with E-state index >= 15 is 0 Å². The number of hydrogen-bond acceptors (Lipinski definition) is 7. The predicted octanol–water partition coefficient (Wildman–Crippen LogP) is 1.05. The zero-order chi connectivity index (χ0) is 21.5. The van der Waals surface area contributed by atoms with Gasteiger partial charge in [0.15, 0.2) is 11.5 Å². The molecule has 0 spiro atoms. The van der Waals surface area contributed by atoms with Crippen LogP contribution in [0.25, 0.3) is 5.76 Å². The van der Waals surface area contributed by atoms with Gasteiger partial charge >= 0.3 is 5.97 Å². The van der Waals surface area contributed by atoms with Crippen LogP contribution in [0.2, 0.25) is 0 Å². The molecule has 1 saturated heterocycles. The van der Waals surface area contributed by atoms with Crippen molar-refractivity contribution in [3.8, 4) is 0 Å². The molecule has 0 aromatic heterocycles. The number of allylic oxidation sites excluding steroid dienone is 1. The highest BCUT2D eigenvalue weighted by atomic mass is 32.2. The third-order valence-corrected chi connectivity index (χ3v) is 6.60. The minimum atomic E-state index is -4.04. The van der Waals surface area contributed by atoms with Crippen molar-refractivity contribution in [1.82, 2.24) is 9.21 Å². The van der Waals surface area contributed by atoms with Crippen LogP contribution >= 0.6 is 0 Å². The van der Waals surface area contributed by atoms with Crippen molar-refractivity contribution >= 4 is 39.3 Å². The molecule has 154 valence electrons. The van der Waals surface area contributed by atoms with E-state index in [4.69, 9.17) is 4.74 Å². The van der Waals surface area contributed by atoms with Crippen LogP contribution in [0, 0.1) is 0 Å². The summed E-state index contributed by atoms with van der Waals surface area (Å²) in [7, 11) is -4.04. The molecule has 1 aromatic carbocycles. The van der Waals surface area contributed by atoms with Gasteiger partial charge in [-0.15, -0.1) is 0 Å². The van der Waals surface area contributed by atoms with E-state index in [9.17, 15) is 27.6 Å². The molecule has 10 heteroatoms. The first kappa shape index (κ1) is 20.7. The molecule has 0 radical (unpaired) electrons. The molecule has 2 amide bonds. The lowest BCUT2D eigenvalue weighted by molar-refractivity contribution is -0.148. The number of esters is 1. The first-order valence-corrected chi connectivity index (χ1v) is 10.4. The molecule has 0 aliphatic carbocycles. The molecule has 2 aliphatic rings. The highest BCUT2D eigenvalue weighted by Gasteiger charge is 2.42. The molecule has 1 aromatic rings. The Bertz CT molecular complexity index is 1040. The van der Waals surface area contributed by atoms with Crippen molar-refractivity contribution in [1.29, 1.82) is 0 Å². The first-order valence-electron chi connectivity index (χ1n) is 8.98. The standard InChI is InChI=1S/C19H20N2O7S/c1-11(2)21-18(12(3)22)19(13-6-4-5-7-14(13)29(21,26)27)28-17(25)10-20-15(23)8-9-16(20)24/h4-7,11H,8-10H2,1-3H3. The highest BCUT2D eigenvalue weighted by Crippen LogP contribution is 2.39. The van der Waals surface area contributed by atoms with Gasteiger partial charge in [0.1, 0.15) is 12.2 Å². The van der Waals surface area contributed by atoms with Gasteiger partial charge in [-0.25, -0.2) is 13.2 Å². The van der Waals surface area contributed by atoms with Crippen LogP contribution in [0.1, 0.15) is 39.2 Å². The van der Waals surface area contributed by atoms with Crippen LogP contribution in [0.15, 0.2) is 34.9 Å². The molecule has 9 nitrogen and oxygen atoms in total. The number of benzene rings is 1. The van der Waals surface area contributed by atoms with Crippen LogP contribution in [-0.2, 0) is 33.9 Å². The summed E-state index contributed by atoms with van der Waals surface area (Å²) in [6.07, 6.45) is 0.0470. The second-order valence-corrected chi connectivity index (χ2v) is 8.76. The largest absolute Gasteiger partial charge is 0.422 e. The van der Waals surface area contributed by atoms with Crippen LogP contribution in [0.4, 0.5) is 0 Å². The molecule has 2 heterocycles. The molecular formula is C19H20N2O7S. The number of carbonyl (C=O) groups excluding carboxylic acids is 4. The van der Waals surface area contributed by atoms with E-state index in [1.54, 1.807) is 19.9 Å². The Morgan fingerprint density at radius 1 is 1.10 bits per heavy atom. The number of imide groups is 1. The molecule has 0 N–H and O–H groups in total. The third kappa shape index (κ3) is 3.55. The minimum absolute atomic E-state index is 0.0235. The number of ketones is 1. The molecule has 0 bridgehead atoms. The van der Waals surface area contributed by atoms with Crippen molar-refractivity contribution < 1.29 is 32.3 Å². The van der Waals surface area contributed by atoms with Crippen molar-refractivity contribution in [2.75, 3.05) is 6.54 Å². The topological polar surface area (TPSA) is 118 Å². The SMILES string of the molecule is CC(=O)C1=C(OC(=O)CN2C(=O)CCC2=O)c2ccccc2S(=O)(=O)N1C(C)C. The van der Waals surface area contributed by atoms with Crippen LogP contribution in [-0.4, -0.2) is 53.8 Å². The summed E-state index contributed by atoms with van der Waals surface area (Å²) >= 11 is 0. The zero-order valence-corrected chi connectivity index (χ0v) is 17.0. The number of likely N-dealkylation sites (tertiary alicyclic amines) is 1. The zero-order valence-electron chi connectivity index (χ0n) is 16.2. The number of rotatable bonds is 5. The Balaban J connectivity index is 2.09. The smallest absolute Gasteiger partial charge is 0.331 e.